The van der Waals surface area contributed by atoms with Crippen LogP contribution in [0.5, 0.6) is 5.75 Å². The summed E-state index contributed by atoms with van der Waals surface area (Å²) in [7, 11) is 0. The molecule has 0 amide bonds. The van der Waals surface area contributed by atoms with Gasteiger partial charge in [0, 0.05) is 13.8 Å². The second-order valence-corrected chi connectivity index (χ2v) is 9.09. The number of hydrogen-bond donors (Lipinski definition) is 1. The molecular weight excluding hydrogens is 360 g/mol. The van der Waals surface area contributed by atoms with Gasteiger partial charge in [0.25, 0.3) is 0 Å². The molecule has 1 aromatic carbocycles. The number of carbonyl (C=O) groups excluding carboxylic acids is 2. The first-order valence-corrected chi connectivity index (χ1v) is 9.47. The van der Waals surface area contributed by atoms with E-state index < -0.39 is 18.0 Å². The Morgan fingerprint density at radius 3 is 1.82 bits per heavy atom. The highest BCUT2D eigenvalue weighted by atomic mass is 16.6. The summed E-state index contributed by atoms with van der Waals surface area (Å²) in [6.07, 6.45) is -0.664. The SMILES string of the molecule is CC(=O)OC[C@@H](COCc1cc(C(C)(C)C)c(O)c(C(C)(C)C)c1)OC(C)=O. The summed E-state index contributed by atoms with van der Waals surface area (Å²) in [6.45, 7) is 15.2. The number of benzene rings is 1. The first kappa shape index (κ1) is 24.0. The molecule has 0 aliphatic carbocycles. The van der Waals surface area contributed by atoms with Crippen molar-refractivity contribution in [1.82, 2.24) is 0 Å². The highest BCUT2D eigenvalue weighted by molar-refractivity contribution is 5.67. The van der Waals surface area contributed by atoms with Crippen molar-refractivity contribution in [3.8, 4) is 5.75 Å². The molecule has 0 spiro atoms. The summed E-state index contributed by atoms with van der Waals surface area (Å²) in [5.74, 6) is -0.591. The van der Waals surface area contributed by atoms with Gasteiger partial charge < -0.3 is 19.3 Å². The highest BCUT2D eigenvalue weighted by Crippen LogP contribution is 2.39. The van der Waals surface area contributed by atoms with Crippen molar-refractivity contribution in [3.05, 3.63) is 28.8 Å². The molecule has 0 saturated carbocycles. The highest BCUT2D eigenvalue weighted by Gasteiger charge is 2.26. The fraction of sp³-hybridized carbons (Fsp3) is 0.636. The second kappa shape index (κ2) is 9.41. The third-order valence-corrected chi connectivity index (χ3v) is 4.16. The van der Waals surface area contributed by atoms with Crippen LogP contribution < -0.4 is 0 Å². The number of phenols is 1. The van der Waals surface area contributed by atoms with Gasteiger partial charge in [0.1, 0.15) is 12.4 Å². The monoisotopic (exact) mass is 394 g/mol. The normalized spacial score (nSPS) is 13.1. The van der Waals surface area contributed by atoms with Crippen LogP contribution in [0.15, 0.2) is 12.1 Å². The molecule has 158 valence electrons. The van der Waals surface area contributed by atoms with Crippen LogP contribution >= 0.6 is 0 Å². The second-order valence-electron chi connectivity index (χ2n) is 9.09. The number of phenolic OH excluding ortho intramolecular Hbond substituents is 1. The van der Waals surface area contributed by atoms with Gasteiger partial charge in [0.2, 0.25) is 0 Å². The Bertz CT molecular complexity index is 659. The first-order chi connectivity index (χ1) is 12.7. The number of rotatable bonds is 7. The van der Waals surface area contributed by atoms with Gasteiger partial charge in [-0.1, -0.05) is 41.5 Å². The van der Waals surface area contributed by atoms with Crippen LogP contribution in [0.3, 0.4) is 0 Å². The molecule has 0 saturated heterocycles. The van der Waals surface area contributed by atoms with Crippen LogP contribution in [0.1, 0.15) is 72.1 Å². The van der Waals surface area contributed by atoms with Crippen molar-refractivity contribution in [1.29, 1.82) is 0 Å². The van der Waals surface area contributed by atoms with Gasteiger partial charge in [-0.25, -0.2) is 0 Å². The zero-order valence-corrected chi connectivity index (χ0v) is 18.3. The van der Waals surface area contributed by atoms with Crippen molar-refractivity contribution in [3.63, 3.8) is 0 Å². The van der Waals surface area contributed by atoms with Crippen LogP contribution in [0.2, 0.25) is 0 Å². The van der Waals surface area contributed by atoms with Crippen LogP contribution in [-0.4, -0.2) is 36.4 Å². The minimum Gasteiger partial charge on any atom is -0.507 e. The maximum Gasteiger partial charge on any atom is 0.303 e. The summed E-state index contributed by atoms with van der Waals surface area (Å²) in [6, 6.07) is 3.88. The largest absolute Gasteiger partial charge is 0.507 e. The molecular formula is C22H34O6. The minimum atomic E-state index is -0.664. The van der Waals surface area contributed by atoms with Gasteiger partial charge in [-0.2, -0.15) is 0 Å². The van der Waals surface area contributed by atoms with E-state index in [1.54, 1.807) is 0 Å². The molecule has 0 unspecified atom stereocenters. The smallest absolute Gasteiger partial charge is 0.303 e. The molecule has 1 rings (SSSR count). The van der Waals surface area contributed by atoms with Gasteiger partial charge in [-0.3, -0.25) is 9.59 Å². The molecule has 6 heteroatoms. The average Bonchev–Trinajstić information content (AvgIpc) is 2.50. The Hall–Kier alpha value is -2.08. The number of ether oxygens (including phenoxy) is 3. The van der Waals surface area contributed by atoms with E-state index in [2.05, 4.69) is 41.5 Å². The predicted octanol–water partition coefficient (Wildman–Crippen LogP) is 4.00. The summed E-state index contributed by atoms with van der Waals surface area (Å²) in [4.78, 5) is 22.2. The van der Waals surface area contributed by atoms with Crippen molar-refractivity contribution in [2.75, 3.05) is 13.2 Å². The lowest BCUT2D eigenvalue weighted by molar-refractivity contribution is -0.160. The fourth-order valence-electron chi connectivity index (χ4n) is 2.79. The molecule has 6 nitrogen and oxygen atoms in total. The van der Waals surface area contributed by atoms with E-state index in [1.807, 2.05) is 12.1 Å². The molecule has 0 fully saturated rings. The van der Waals surface area contributed by atoms with E-state index in [4.69, 9.17) is 14.2 Å². The minimum absolute atomic E-state index is 0.0506. The van der Waals surface area contributed by atoms with E-state index in [0.717, 1.165) is 16.7 Å². The molecule has 0 aromatic heterocycles. The summed E-state index contributed by atoms with van der Waals surface area (Å²) < 4.78 is 15.8. The van der Waals surface area contributed by atoms with Gasteiger partial charge in [0.05, 0.1) is 13.2 Å². The lowest BCUT2D eigenvalue weighted by Crippen LogP contribution is -2.28. The van der Waals surface area contributed by atoms with Gasteiger partial charge in [-0.05, 0) is 39.7 Å². The first-order valence-electron chi connectivity index (χ1n) is 9.47. The van der Waals surface area contributed by atoms with Gasteiger partial charge in [0.15, 0.2) is 6.10 Å². The summed E-state index contributed by atoms with van der Waals surface area (Å²) in [5, 5.41) is 10.8. The van der Waals surface area contributed by atoms with Crippen molar-refractivity contribution in [2.45, 2.75) is 78.9 Å². The zero-order chi connectivity index (χ0) is 21.7. The zero-order valence-electron chi connectivity index (χ0n) is 18.3. The molecule has 0 aliphatic rings. The summed E-state index contributed by atoms with van der Waals surface area (Å²) in [5.41, 5.74) is 2.18. The Labute approximate surface area is 168 Å². The van der Waals surface area contributed by atoms with Crippen LogP contribution in [-0.2, 0) is 41.2 Å². The van der Waals surface area contributed by atoms with Crippen molar-refractivity contribution in [2.24, 2.45) is 0 Å². The Balaban J connectivity index is 2.98. The molecule has 28 heavy (non-hydrogen) atoms. The third kappa shape index (κ3) is 7.50. The average molecular weight is 395 g/mol. The van der Waals surface area contributed by atoms with Crippen molar-refractivity contribution < 1.29 is 28.9 Å². The molecule has 0 heterocycles. The van der Waals surface area contributed by atoms with E-state index in [1.165, 1.54) is 13.8 Å². The number of aromatic hydroxyl groups is 1. The van der Waals surface area contributed by atoms with Crippen LogP contribution in [0.25, 0.3) is 0 Å². The van der Waals surface area contributed by atoms with E-state index in [0.29, 0.717) is 5.75 Å². The van der Waals surface area contributed by atoms with E-state index >= 15 is 0 Å². The van der Waals surface area contributed by atoms with E-state index in [-0.39, 0.29) is 30.7 Å². The van der Waals surface area contributed by atoms with Crippen LogP contribution in [0.4, 0.5) is 0 Å². The molecule has 1 aromatic rings. The number of carbonyl (C=O) groups is 2. The fourth-order valence-corrected chi connectivity index (χ4v) is 2.79. The Morgan fingerprint density at radius 2 is 1.43 bits per heavy atom. The molecule has 1 N–H and O–H groups in total. The van der Waals surface area contributed by atoms with E-state index in [9.17, 15) is 14.7 Å². The van der Waals surface area contributed by atoms with Crippen molar-refractivity contribution >= 4 is 11.9 Å². The lowest BCUT2D eigenvalue weighted by atomic mass is 9.78. The standard InChI is InChI=1S/C22H34O6/c1-14(23)27-13-17(28-15(2)24)12-26-11-16-9-18(21(3,4)5)20(25)19(10-16)22(6,7)8/h9-10,17,25H,11-13H2,1-8H3/t17-/m1/s1. The molecule has 1 atom stereocenters. The summed E-state index contributed by atoms with van der Waals surface area (Å²) >= 11 is 0. The van der Waals surface area contributed by atoms with Gasteiger partial charge in [-0.15, -0.1) is 0 Å². The van der Waals surface area contributed by atoms with Gasteiger partial charge >= 0.3 is 11.9 Å². The molecule has 0 radical (unpaired) electrons. The maximum absolute atomic E-state index is 11.2. The lowest BCUT2D eigenvalue weighted by Gasteiger charge is -2.28. The Kier molecular flexibility index (Phi) is 8.05. The molecule has 0 aliphatic heterocycles. The predicted molar refractivity (Wildman–Crippen MR) is 107 cm³/mol. The Morgan fingerprint density at radius 1 is 0.929 bits per heavy atom. The van der Waals surface area contributed by atoms with Crippen LogP contribution in [0, 0.1) is 0 Å². The molecule has 0 bridgehead atoms. The number of hydrogen-bond acceptors (Lipinski definition) is 6. The number of esters is 2. The topological polar surface area (TPSA) is 82.1 Å². The quantitative estimate of drug-likeness (QED) is 0.704. The maximum atomic E-state index is 11.2. The third-order valence-electron chi connectivity index (χ3n) is 4.16.